The molecule has 1 saturated heterocycles. The third-order valence-electron chi connectivity index (χ3n) is 2.54. The molecule has 0 radical (unpaired) electrons. The van der Waals surface area contributed by atoms with E-state index in [4.69, 9.17) is 9.47 Å². The zero-order valence-corrected chi connectivity index (χ0v) is 9.01. The van der Waals surface area contributed by atoms with Gasteiger partial charge in [0.1, 0.15) is 0 Å². The second-order valence-corrected chi connectivity index (χ2v) is 3.93. The predicted molar refractivity (Wildman–Crippen MR) is 57.1 cm³/mol. The molecule has 16 heavy (non-hydrogen) atoms. The summed E-state index contributed by atoms with van der Waals surface area (Å²) in [6.45, 7) is 3.00. The van der Waals surface area contributed by atoms with E-state index in [1.165, 1.54) is 6.07 Å². The van der Waals surface area contributed by atoms with Crippen LogP contribution in [-0.2, 0) is 15.9 Å². The van der Waals surface area contributed by atoms with Gasteiger partial charge >= 0.3 is 0 Å². The second-order valence-electron chi connectivity index (χ2n) is 3.93. The van der Waals surface area contributed by atoms with E-state index in [1.807, 2.05) is 13.0 Å². The van der Waals surface area contributed by atoms with Gasteiger partial charge in [0.25, 0.3) is 5.69 Å². The molecule has 0 bridgehead atoms. The molecule has 0 amide bonds. The third kappa shape index (κ3) is 2.37. The van der Waals surface area contributed by atoms with Crippen LogP contribution in [0, 0.1) is 10.1 Å². The van der Waals surface area contributed by atoms with Gasteiger partial charge in [-0.1, -0.05) is 12.1 Å². The molecule has 0 unspecified atom stereocenters. The fourth-order valence-corrected chi connectivity index (χ4v) is 1.81. The minimum Gasteiger partial charge on any atom is -0.347 e. The van der Waals surface area contributed by atoms with Crippen molar-refractivity contribution in [3.05, 3.63) is 39.9 Å². The largest absolute Gasteiger partial charge is 0.347 e. The molecule has 86 valence electrons. The monoisotopic (exact) mass is 223 g/mol. The number of benzene rings is 1. The van der Waals surface area contributed by atoms with Gasteiger partial charge in [0.2, 0.25) is 0 Å². The first kappa shape index (κ1) is 11.0. The minimum absolute atomic E-state index is 0.0964. The Kier molecular flexibility index (Phi) is 2.89. The van der Waals surface area contributed by atoms with Crippen LogP contribution in [0.3, 0.4) is 0 Å². The number of rotatable bonds is 3. The van der Waals surface area contributed by atoms with E-state index >= 15 is 0 Å². The summed E-state index contributed by atoms with van der Waals surface area (Å²) in [4.78, 5) is 10.2. The lowest BCUT2D eigenvalue weighted by Crippen LogP contribution is -2.28. The highest BCUT2D eigenvalue weighted by molar-refractivity contribution is 5.34. The maximum Gasteiger partial charge on any atom is 0.269 e. The summed E-state index contributed by atoms with van der Waals surface area (Å²) in [6.07, 6.45) is 0.522. The number of nitrogens with zero attached hydrogens (tertiary/aromatic N) is 1. The van der Waals surface area contributed by atoms with Crippen LogP contribution in [0.1, 0.15) is 12.5 Å². The number of nitro groups is 1. The Bertz CT molecular complexity index is 399. The van der Waals surface area contributed by atoms with Gasteiger partial charge in [-0.3, -0.25) is 10.1 Å². The molecule has 1 heterocycles. The maximum absolute atomic E-state index is 10.6. The Morgan fingerprint density at radius 2 is 2.12 bits per heavy atom. The first-order valence-corrected chi connectivity index (χ1v) is 5.10. The van der Waals surface area contributed by atoms with Crippen molar-refractivity contribution in [1.82, 2.24) is 0 Å². The highest BCUT2D eigenvalue weighted by atomic mass is 16.7. The summed E-state index contributed by atoms with van der Waals surface area (Å²) in [5.74, 6) is -0.644. The quantitative estimate of drug-likeness (QED) is 0.580. The molecule has 5 nitrogen and oxygen atoms in total. The van der Waals surface area contributed by atoms with Crippen molar-refractivity contribution < 1.29 is 14.4 Å². The Hall–Kier alpha value is -1.46. The molecule has 1 aliphatic rings. The van der Waals surface area contributed by atoms with E-state index in [2.05, 4.69) is 0 Å². The van der Waals surface area contributed by atoms with Gasteiger partial charge in [0, 0.05) is 18.6 Å². The minimum atomic E-state index is -0.644. The van der Waals surface area contributed by atoms with E-state index in [0.29, 0.717) is 19.6 Å². The molecular formula is C11H13NO4. The lowest BCUT2D eigenvalue weighted by atomic mass is 10.1. The van der Waals surface area contributed by atoms with Crippen molar-refractivity contribution in [3.8, 4) is 0 Å². The number of non-ortho nitro benzene ring substituents is 1. The Morgan fingerprint density at radius 1 is 1.44 bits per heavy atom. The molecule has 0 aliphatic carbocycles. The molecule has 0 atom stereocenters. The van der Waals surface area contributed by atoms with E-state index in [9.17, 15) is 10.1 Å². The average molecular weight is 223 g/mol. The van der Waals surface area contributed by atoms with Crippen LogP contribution in [0.4, 0.5) is 5.69 Å². The van der Waals surface area contributed by atoms with E-state index in [0.717, 1.165) is 5.56 Å². The lowest BCUT2D eigenvalue weighted by Gasteiger charge is -2.21. The van der Waals surface area contributed by atoms with Crippen LogP contribution in [0.15, 0.2) is 24.3 Å². The number of hydrogen-bond acceptors (Lipinski definition) is 4. The van der Waals surface area contributed by atoms with Gasteiger partial charge in [-0.25, -0.2) is 0 Å². The summed E-state index contributed by atoms with van der Waals surface area (Å²) in [7, 11) is 0. The fraction of sp³-hybridized carbons (Fsp3) is 0.455. The SMILES string of the molecule is CC1(Cc2cccc([N+](=O)[O-])c2)OCCO1. The van der Waals surface area contributed by atoms with Gasteiger partial charge in [0.05, 0.1) is 18.1 Å². The van der Waals surface area contributed by atoms with Crippen molar-refractivity contribution >= 4 is 5.69 Å². The van der Waals surface area contributed by atoms with Crippen LogP contribution in [0.5, 0.6) is 0 Å². The molecule has 2 rings (SSSR count). The highest BCUT2D eigenvalue weighted by Crippen LogP contribution is 2.25. The van der Waals surface area contributed by atoms with Crippen LogP contribution < -0.4 is 0 Å². The van der Waals surface area contributed by atoms with Crippen LogP contribution in [0.25, 0.3) is 0 Å². The fourth-order valence-electron chi connectivity index (χ4n) is 1.81. The molecule has 1 aliphatic heterocycles. The Labute approximate surface area is 93.1 Å². The smallest absolute Gasteiger partial charge is 0.269 e. The molecule has 0 spiro atoms. The van der Waals surface area contributed by atoms with E-state index in [1.54, 1.807) is 12.1 Å². The second kappa shape index (κ2) is 4.19. The van der Waals surface area contributed by atoms with Crippen LogP contribution in [-0.4, -0.2) is 23.9 Å². The van der Waals surface area contributed by atoms with E-state index in [-0.39, 0.29) is 5.69 Å². The number of hydrogen-bond donors (Lipinski definition) is 0. The Morgan fingerprint density at radius 3 is 2.75 bits per heavy atom. The molecular weight excluding hydrogens is 210 g/mol. The van der Waals surface area contributed by atoms with E-state index < -0.39 is 10.7 Å². The Balaban J connectivity index is 2.15. The van der Waals surface area contributed by atoms with Crippen molar-refractivity contribution in [1.29, 1.82) is 0 Å². The highest BCUT2D eigenvalue weighted by Gasteiger charge is 2.31. The summed E-state index contributed by atoms with van der Waals surface area (Å²) < 4.78 is 10.9. The van der Waals surface area contributed by atoms with Crippen LogP contribution in [0.2, 0.25) is 0 Å². The first-order chi connectivity index (χ1) is 7.59. The predicted octanol–water partition coefficient (Wildman–Crippen LogP) is 1.90. The molecule has 5 heteroatoms. The number of ether oxygens (including phenoxy) is 2. The molecule has 0 saturated carbocycles. The lowest BCUT2D eigenvalue weighted by molar-refractivity contribution is -0.384. The summed E-state index contributed by atoms with van der Waals surface area (Å²) in [6, 6.07) is 6.54. The van der Waals surface area contributed by atoms with Crippen molar-refractivity contribution in [3.63, 3.8) is 0 Å². The number of nitro benzene ring substituents is 1. The molecule has 1 aromatic rings. The zero-order chi connectivity index (χ0) is 11.6. The van der Waals surface area contributed by atoms with Gasteiger partial charge in [-0.15, -0.1) is 0 Å². The maximum atomic E-state index is 10.6. The van der Waals surface area contributed by atoms with Crippen molar-refractivity contribution in [2.45, 2.75) is 19.1 Å². The van der Waals surface area contributed by atoms with Crippen molar-refractivity contribution in [2.24, 2.45) is 0 Å². The van der Waals surface area contributed by atoms with Gasteiger partial charge in [0.15, 0.2) is 5.79 Å². The van der Waals surface area contributed by atoms with Gasteiger partial charge < -0.3 is 9.47 Å². The molecule has 1 aromatic carbocycles. The standard InChI is InChI=1S/C11H13NO4/c1-11(15-5-6-16-11)8-9-3-2-4-10(7-9)12(13)14/h2-4,7H,5-6,8H2,1H3. The van der Waals surface area contributed by atoms with Gasteiger partial charge in [-0.2, -0.15) is 0 Å². The third-order valence-corrected chi connectivity index (χ3v) is 2.54. The summed E-state index contributed by atoms with van der Waals surface area (Å²) >= 11 is 0. The van der Waals surface area contributed by atoms with Crippen LogP contribution >= 0.6 is 0 Å². The summed E-state index contributed by atoms with van der Waals surface area (Å²) in [5, 5.41) is 10.6. The van der Waals surface area contributed by atoms with Crippen molar-refractivity contribution in [2.75, 3.05) is 13.2 Å². The topological polar surface area (TPSA) is 61.6 Å². The van der Waals surface area contributed by atoms with Gasteiger partial charge in [-0.05, 0) is 12.5 Å². The zero-order valence-electron chi connectivity index (χ0n) is 9.01. The molecule has 0 aromatic heterocycles. The molecule has 0 N–H and O–H groups in total. The summed E-state index contributed by atoms with van der Waals surface area (Å²) in [5.41, 5.74) is 0.942. The first-order valence-electron chi connectivity index (χ1n) is 5.10. The average Bonchev–Trinajstić information content (AvgIpc) is 2.65. The normalized spacial score (nSPS) is 18.6. The molecule has 1 fully saturated rings.